The summed E-state index contributed by atoms with van der Waals surface area (Å²) < 4.78 is 0. The first-order valence-corrected chi connectivity index (χ1v) is 5.13. The van der Waals surface area contributed by atoms with Crippen molar-refractivity contribution < 1.29 is 5.11 Å². The second-order valence-electron chi connectivity index (χ2n) is 4.12. The molecule has 14 heavy (non-hydrogen) atoms. The van der Waals surface area contributed by atoms with Crippen LogP contribution in [0.1, 0.15) is 24.4 Å². The topological polar surface area (TPSA) is 60.9 Å². The number of nitrogens with zero attached hydrogens (tertiary/aromatic N) is 1. The number of hydrogen-bond donors (Lipinski definition) is 3. The molecule has 0 radical (unpaired) electrons. The number of aliphatic hydroxyl groups excluding tert-OH is 1. The van der Waals surface area contributed by atoms with Gasteiger partial charge in [-0.05, 0) is 32.2 Å². The van der Waals surface area contributed by atoms with Crippen molar-refractivity contribution in [3.05, 3.63) is 17.7 Å². The van der Waals surface area contributed by atoms with E-state index in [0.717, 1.165) is 37.4 Å². The molecule has 0 aliphatic heterocycles. The number of H-pyrrole nitrogens is 1. The van der Waals surface area contributed by atoms with Crippen LogP contribution in [0.3, 0.4) is 0 Å². The maximum atomic E-state index is 9.09. The maximum absolute atomic E-state index is 9.09. The number of hydrogen-bond acceptors (Lipinski definition) is 3. The van der Waals surface area contributed by atoms with Gasteiger partial charge in [-0.15, -0.1) is 0 Å². The van der Waals surface area contributed by atoms with E-state index < -0.39 is 0 Å². The lowest BCUT2D eigenvalue weighted by molar-refractivity contribution is 0.0429. The molecule has 1 aliphatic rings. The van der Waals surface area contributed by atoms with Crippen LogP contribution in [0.4, 0.5) is 0 Å². The normalized spacial score (nSPS) is 26.1. The average Bonchev–Trinajstić information content (AvgIpc) is 2.48. The minimum Gasteiger partial charge on any atom is -0.393 e. The van der Waals surface area contributed by atoms with Gasteiger partial charge in [0.25, 0.3) is 0 Å². The fraction of sp³-hybridized carbons (Fsp3) is 0.700. The van der Waals surface area contributed by atoms with E-state index in [1.807, 2.05) is 13.1 Å². The second kappa shape index (κ2) is 4.11. The Morgan fingerprint density at radius 3 is 3.00 bits per heavy atom. The average molecular weight is 195 g/mol. The molecule has 1 aromatic heterocycles. The van der Waals surface area contributed by atoms with Gasteiger partial charge in [0.05, 0.1) is 6.10 Å². The Balaban J connectivity index is 1.63. The number of aryl methyl sites for hydroxylation is 1. The molecule has 1 heterocycles. The number of rotatable bonds is 4. The Labute approximate surface area is 83.8 Å². The zero-order valence-electron chi connectivity index (χ0n) is 8.45. The molecule has 0 spiro atoms. The molecule has 1 saturated carbocycles. The van der Waals surface area contributed by atoms with E-state index in [9.17, 15) is 0 Å². The third-order valence-corrected chi connectivity index (χ3v) is 2.71. The predicted molar refractivity (Wildman–Crippen MR) is 53.8 cm³/mol. The molecule has 1 fully saturated rings. The third-order valence-electron chi connectivity index (χ3n) is 2.71. The number of aromatic amines is 1. The number of nitrogens with one attached hydrogen (secondary N) is 2. The lowest BCUT2D eigenvalue weighted by Gasteiger charge is -2.31. The lowest BCUT2D eigenvalue weighted by Crippen LogP contribution is -2.35. The van der Waals surface area contributed by atoms with E-state index in [1.54, 1.807) is 0 Å². The van der Waals surface area contributed by atoms with Crippen LogP contribution in [0.5, 0.6) is 0 Å². The fourth-order valence-electron chi connectivity index (χ4n) is 1.84. The Morgan fingerprint density at radius 1 is 1.64 bits per heavy atom. The zero-order valence-corrected chi connectivity index (χ0v) is 8.45. The van der Waals surface area contributed by atoms with Crippen LogP contribution in [-0.2, 0) is 6.54 Å². The van der Waals surface area contributed by atoms with Gasteiger partial charge >= 0.3 is 0 Å². The molecular formula is C10H17N3O. The van der Waals surface area contributed by atoms with E-state index in [4.69, 9.17) is 5.11 Å². The van der Waals surface area contributed by atoms with Gasteiger partial charge in [-0.3, -0.25) is 0 Å². The highest BCUT2D eigenvalue weighted by Gasteiger charge is 2.26. The van der Waals surface area contributed by atoms with Crippen LogP contribution in [0.25, 0.3) is 0 Å². The van der Waals surface area contributed by atoms with Crippen molar-refractivity contribution in [2.75, 3.05) is 6.54 Å². The van der Waals surface area contributed by atoms with Gasteiger partial charge in [0, 0.05) is 18.4 Å². The molecule has 3 N–H and O–H groups in total. The first kappa shape index (κ1) is 9.68. The van der Waals surface area contributed by atoms with Crippen molar-refractivity contribution in [2.45, 2.75) is 32.4 Å². The van der Waals surface area contributed by atoms with Crippen molar-refractivity contribution in [1.82, 2.24) is 15.3 Å². The molecule has 0 amide bonds. The Bertz CT molecular complexity index is 291. The highest BCUT2D eigenvalue weighted by molar-refractivity contribution is 4.99. The molecule has 1 aromatic rings. The van der Waals surface area contributed by atoms with Crippen LogP contribution in [-0.4, -0.2) is 27.7 Å². The summed E-state index contributed by atoms with van der Waals surface area (Å²) in [5.74, 6) is 1.62. The van der Waals surface area contributed by atoms with E-state index in [2.05, 4.69) is 15.3 Å². The zero-order chi connectivity index (χ0) is 9.97. The van der Waals surface area contributed by atoms with Gasteiger partial charge in [-0.1, -0.05) is 0 Å². The molecule has 0 unspecified atom stereocenters. The van der Waals surface area contributed by atoms with E-state index in [-0.39, 0.29) is 6.10 Å². The van der Waals surface area contributed by atoms with Crippen molar-refractivity contribution in [1.29, 1.82) is 0 Å². The largest absolute Gasteiger partial charge is 0.393 e. The summed E-state index contributed by atoms with van der Waals surface area (Å²) in [5.41, 5.74) is 1.13. The predicted octanol–water partition coefficient (Wildman–Crippen LogP) is 0.579. The number of aromatic nitrogens is 2. The summed E-state index contributed by atoms with van der Waals surface area (Å²) in [6.07, 6.45) is 3.72. The molecule has 2 rings (SSSR count). The van der Waals surface area contributed by atoms with Gasteiger partial charge < -0.3 is 15.4 Å². The van der Waals surface area contributed by atoms with Gasteiger partial charge in [-0.25, -0.2) is 4.98 Å². The summed E-state index contributed by atoms with van der Waals surface area (Å²) in [4.78, 5) is 7.30. The van der Waals surface area contributed by atoms with Gasteiger partial charge in [0.1, 0.15) is 5.82 Å². The summed E-state index contributed by atoms with van der Waals surface area (Å²) in [5, 5.41) is 12.4. The standard InChI is InChI=1S/C10H17N3O/c1-7-12-6-9(13-7)5-11-4-8-2-10(14)3-8/h6,8,10-11,14H,2-5H2,1H3,(H,12,13). The summed E-state index contributed by atoms with van der Waals surface area (Å²) >= 11 is 0. The fourth-order valence-corrected chi connectivity index (χ4v) is 1.84. The second-order valence-corrected chi connectivity index (χ2v) is 4.12. The smallest absolute Gasteiger partial charge is 0.103 e. The first-order valence-electron chi connectivity index (χ1n) is 5.13. The quantitative estimate of drug-likeness (QED) is 0.658. The molecule has 78 valence electrons. The van der Waals surface area contributed by atoms with Crippen molar-refractivity contribution in [3.63, 3.8) is 0 Å². The van der Waals surface area contributed by atoms with E-state index in [0.29, 0.717) is 5.92 Å². The highest BCUT2D eigenvalue weighted by Crippen LogP contribution is 2.26. The minimum absolute atomic E-state index is 0.0452. The van der Waals surface area contributed by atoms with Crippen LogP contribution >= 0.6 is 0 Å². The van der Waals surface area contributed by atoms with Crippen LogP contribution in [0.15, 0.2) is 6.20 Å². The van der Waals surface area contributed by atoms with E-state index in [1.165, 1.54) is 0 Å². The van der Waals surface area contributed by atoms with E-state index >= 15 is 0 Å². The Morgan fingerprint density at radius 2 is 2.43 bits per heavy atom. The summed E-state index contributed by atoms with van der Waals surface area (Å²) in [6.45, 7) is 3.79. The van der Waals surface area contributed by atoms with Crippen LogP contribution < -0.4 is 5.32 Å². The SMILES string of the molecule is Cc1ncc(CNCC2CC(O)C2)[nH]1. The lowest BCUT2D eigenvalue weighted by atomic mass is 9.82. The first-order chi connectivity index (χ1) is 6.74. The molecule has 0 bridgehead atoms. The Kier molecular flexibility index (Phi) is 2.84. The summed E-state index contributed by atoms with van der Waals surface area (Å²) in [6, 6.07) is 0. The van der Waals surface area contributed by atoms with Gasteiger partial charge in [0.2, 0.25) is 0 Å². The van der Waals surface area contributed by atoms with Crippen LogP contribution in [0, 0.1) is 12.8 Å². The molecule has 1 aliphatic carbocycles. The van der Waals surface area contributed by atoms with Crippen molar-refractivity contribution in [3.8, 4) is 0 Å². The summed E-state index contributed by atoms with van der Waals surface area (Å²) in [7, 11) is 0. The minimum atomic E-state index is -0.0452. The maximum Gasteiger partial charge on any atom is 0.103 e. The van der Waals surface area contributed by atoms with Crippen molar-refractivity contribution in [2.24, 2.45) is 5.92 Å². The third kappa shape index (κ3) is 2.33. The molecule has 0 atom stereocenters. The molecule has 4 nitrogen and oxygen atoms in total. The van der Waals surface area contributed by atoms with Gasteiger partial charge in [-0.2, -0.15) is 0 Å². The monoisotopic (exact) mass is 195 g/mol. The number of aliphatic hydroxyl groups is 1. The number of imidazole rings is 1. The Hall–Kier alpha value is -0.870. The van der Waals surface area contributed by atoms with Gasteiger partial charge in [0.15, 0.2) is 0 Å². The van der Waals surface area contributed by atoms with Crippen molar-refractivity contribution >= 4 is 0 Å². The highest BCUT2D eigenvalue weighted by atomic mass is 16.3. The van der Waals surface area contributed by atoms with Crippen LogP contribution in [0.2, 0.25) is 0 Å². The molecule has 0 aromatic carbocycles. The molecule has 4 heteroatoms. The molecular weight excluding hydrogens is 178 g/mol. The molecule has 0 saturated heterocycles.